The Labute approximate surface area is 159 Å². The summed E-state index contributed by atoms with van der Waals surface area (Å²) in [6, 6.07) is 23.3. The molecule has 2 aromatic heterocycles. The number of benzene rings is 3. The van der Waals surface area contributed by atoms with Crippen molar-refractivity contribution >= 4 is 44.8 Å². The molecular formula is C22H14N2O2S. The highest BCUT2D eigenvalue weighted by molar-refractivity contribution is 7.12. The van der Waals surface area contributed by atoms with Crippen molar-refractivity contribution in [1.29, 1.82) is 0 Å². The van der Waals surface area contributed by atoms with E-state index < -0.39 is 0 Å². The molecule has 5 aromatic rings. The van der Waals surface area contributed by atoms with E-state index in [0.29, 0.717) is 16.5 Å². The van der Waals surface area contributed by atoms with E-state index in [9.17, 15) is 4.79 Å². The van der Waals surface area contributed by atoms with Gasteiger partial charge in [0.25, 0.3) is 5.91 Å². The van der Waals surface area contributed by atoms with Crippen molar-refractivity contribution in [3.8, 4) is 11.5 Å². The lowest BCUT2D eigenvalue weighted by Gasteiger charge is -2.07. The quantitative estimate of drug-likeness (QED) is 0.426. The van der Waals surface area contributed by atoms with Gasteiger partial charge in [-0.1, -0.05) is 48.5 Å². The average molecular weight is 370 g/mol. The van der Waals surface area contributed by atoms with Crippen molar-refractivity contribution in [2.24, 2.45) is 0 Å². The highest BCUT2D eigenvalue weighted by Gasteiger charge is 2.16. The number of thiophene rings is 1. The number of nitrogens with zero attached hydrogens (tertiary/aromatic N) is 1. The standard InChI is InChI=1S/C22H14N2O2S/c25-21(19-10-5-13-27-19)23-17-9-4-3-8-16(17)22-24-18-12-11-14-6-1-2-7-15(14)20(18)26-22/h1-13H,(H,23,25). The highest BCUT2D eigenvalue weighted by Crippen LogP contribution is 2.33. The molecule has 130 valence electrons. The number of nitrogens with one attached hydrogen (secondary N) is 1. The molecule has 2 heterocycles. The van der Waals surface area contributed by atoms with Gasteiger partial charge in [-0.2, -0.15) is 0 Å². The smallest absolute Gasteiger partial charge is 0.265 e. The molecule has 5 rings (SSSR count). The number of aromatic nitrogens is 1. The molecule has 4 nitrogen and oxygen atoms in total. The van der Waals surface area contributed by atoms with Gasteiger partial charge >= 0.3 is 0 Å². The van der Waals surface area contributed by atoms with E-state index >= 15 is 0 Å². The SMILES string of the molecule is O=C(Nc1ccccc1-c1nc2ccc3ccccc3c2o1)c1cccs1. The van der Waals surface area contributed by atoms with Crippen molar-refractivity contribution in [2.75, 3.05) is 5.32 Å². The number of hydrogen-bond acceptors (Lipinski definition) is 4. The molecule has 0 saturated heterocycles. The minimum atomic E-state index is -0.140. The molecule has 3 aromatic carbocycles. The second-order valence-corrected chi connectivity index (χ2v) is 7.08. The molecule has 0 saturated carbocycles. The molecule has 1 N–H and O–H groups in total. The molecule has 27 heavy (non-hydrogen) atoms. The Morgan fingerprint density at radius 2 is 1.78 bits per heavy atom. The zero-order chi connectivity index (χ0) is 18.2. The maximum absolute atomic E-state index is 12.5. The maximum atomic E-state index is 12.5. The molecule has 1 amide bonds. The molecule has 0 aliphatic heterocycles. The fraction of sp³-hybridized carbons (Fsp3) is 0. The highest BCUT2D eigenvalue weighted by atomic mass is 32.1. The average Bonchev–Trinajstić information content (AvgIpc) is 3.38. The van der Waals surface area contributed by atoms with Crippen molar-refractivity contribution in [2.45, 2.75) is 0 Å². The number of para-hydroxylation sites is 1. The number of rotatable bonds is 3. The van der Waals surface area contributed by atoms with E-state index in [1.165, 1.54) is 11.3 Å². The lowest BCUT2D eigenvalue weighted by molar-refractivity contribution is 0.103. The van der Waals surface area contributed by atoms with Crippen LogP contribution in [0.1, 0.15) is 9.67 Å². The number of carbonyl (C=O) groups excluding carboxylic acids is 1. The van der Waals surface area contributed by atoms with Crippen LogP contribution in [0.5, 0.6) is 0 Å². The molecule has 0 unspecified atom stereocenters. The minimum Gasteiger partial charge on any atom is -0.435 e. The Morgan fingerprint density at radius 3 is 2.67 bits per heavy atom. The summed E-state index contributed by atoms with van der Waals surface area (Å²) in [5.74, 6) is 0.349. The predicted octanol–water partition coefficient (Wildman–Crippen LogP) is 5.96. The lowest BCUT2D eigenvalue weighted by atomic mass is 10.1. The number of fused-ring (bicyclic) bond motifs is 3. The molecule has 0 bridgehead atoms. The second kappa shape index (κ2) is 6.37. The van der Waals surface area contributed by atoms with Gasteiger partial charge in [0.05, 0.1) is 16.1 Å². The van der Waals surface area contributed by atoms with Gasteiger partial charge < -0.3 is 9.73 Å². The summed E-state index contributed by atoms with van der Waals surface area (Å²) in [5.41, 5.74) is 2.97. The summed E-state index contributed by atoms with van der Waals surface area (Å²) in [7, 11) is 0. The van der Waals surface area contributed by atoms with Crippen LogP contribution in [-0.4, -0.2) is 10.9 Å². The summed E-state index contributed by atoms with van der Waals surface area (Å²) in [6.07, 6.45) is 0. The third-order valence-electron chi connectivity index (χ3n) is 4.43. The summed E-state index contributed by atoms with van der Waals surface area (Å²) in [6.45, 7) is 0. The van der Waals surface area contributed by atoms with Crippen molar-refractivity contribution < 1.29 is 9.21 Å². The van der Waals surface area contributed by atoms with E-state index in [0.717, 1.165) is 27.4 Å². The number of hydrogen-bond donors (Lipinski definition) is 1. The zero-order valence-corrected chi connectivity index (χ0v) is 15.0. The van der Waals surface area contributed by atoms with E-state index in [4.69, 9.17) is 4.42 Å². The van der Waals surface area contributed by atoms with Gasteiger partial charge in [0, 0.05) is 5.39 Å². The van der Waals surface area contributed by atoms with E-state index in [1.54, 1.807) is 6.07 Å². The Hall–Kier alpha value is -3.44. The van der Waals surface area contributed by atoms with E-state index in [-0.39, 0.29) is 5.91 Å². The van der Waals surface area contributed by atoms with Gasteiger partial charge in [0.2, 0.25) is 5.89 Å². The number of carbonyl (C=O) groups is 1. The normalized spacial score (nSPS) is 11.1. The first-order chi connectivity index (χ1) is 13.3. The van der Waals surface area contributed by atoms with Crippen molar-refractivity contribution in [1.82, 2.24) is 4.98 Å². The van der Waals surface area contributed by atoms with Crippen LogP contribution in [0.4, 0.5) is 5.69 Å². The van der Waals surface area contributed by atoms with E-state index in [2.05, 4.69) is 10.3 Å². The molecule has 5 heteroatoms. The van der Waals surface area contributed by atoms with Crippen LogP contribution in [0.2, 0.25) is 0 Å². The number of anilines is 1. The van der Waals surface area contributed by atoms with Gasteiger partial charge in [-0.15, -0.1) is 11.3 Å². The number of amides is 1. The Kier molecular flexibility index (Phi) is 3.73. The Morgan fingerprint density at radius 1 is 0.926 bits per heavy atom. The van der Waals surface area contributed by atoms with Crippen molar-refractivity contribution in [3.63, 3.8) is 0 Å². The summed E-state index contributed by atoms with van der Waals surface area (Å²) in [4.78, 5) is 17.8. The Bertz CT molecular complexity index is 1270. The Balaban J connectivity index is 1.61. The lowest BCUT2D eigenvalue weighted by Crippen LogP contribution is -2.10. The van der Waals surface area contributed by atoms with Gasteiger partial charge in [-0.3, -0.25) is 4.79 Å². The first-order valence-corrected chi connectivity index (χ1v) is 9.40. The molecule has 0 atom stereocenters. The first kappa shape index (κ1) is 15.8. The van der Waals surface area contributed by atoms with Gasteiger partial charge in [0.15, 0.2) is 5.58 Å². The number of oxazole rings is 1. The van der Waals surface area contributed by atoms with Crippen molar-refractivity contribution in [3.05, 3.63) is 83.1 Å². The monoisotopic (exact) mass is 370 g/mol. The summed E-state index contributed by atoms with van der Waals surface area (Å²) < 4.78 is 6.12. The summed E-state index contributed by atoms with van der Waals surface area (Å²) in [5, 5.41) is 6.97. The third-order valence-corrected chi connectivity index (χ3v) is 5.30. The van der Waals surface area contributed by atoms with Gasteiger partial charge in [-0.25, -0.2) is 4.98 Å². The molecule has 0 fully saturated rings. The van der Waals surface area contributed by atoms with Crippen LogP contribution in [0.15, 0.2) is 82.6 Å². The summed E-state index contributed by atoms with van der Waals surface area (Å²) >= 11 is 1.41. The van der Waals surface area contributed by atoms with Crippen LogP contribution in [0.25, 0.3) is 33.3 Å². The molecular weight excluding hydrogens is 356 g/mol. The van der Waals surface area contributed by atoms with Crippen LogP contribution < -0.4 is 5.32 Å². The molecule has 0 radical (unpaired) electrons. The molecule has 0 spiro atoms. The molecule has 0 aliphatic rings. The van der Waals surface area contributed by atoms with E-state index in [1.807, 2.05) is 72.1 Å². The predicted molar refractivity (Wildman–Crippen MR) is 109 cm³/mol. The maximum Gasteiger partial charge on any atom is 0.265 e. The van der Waals surface area contributed by atoms with Crippen LogP contribution in [-0.2, 0) is 0 Å². The van der Waals surface area contributed by atoms with Crippen LogP contribution in [0, 0.1) is 0 Å². The fourth-order valence-corrected chi connectivity index (χ4v) is 3.76. The minimum absolute atomic E-state index is 0.140. The van der Waals surface area contributed by atoms with Gasteiger partial charge in [0.1, 0.15) is 5.52 Å². The zero-order valence-electron chi connectivity index (χ0n) is 14.2. The van der Waals surface area contributed by atoms with Gasteiger partial charge in [-0.05, 0) is 35.0 Å². The first-order valence-electron chi connectivity index (χ1n) is 8.52. The van der Waals surface area contributed by atoms with Crippen LogP contribution >= 0.6 is 11.3 Å². The third kappa shape index (κ3) is 2.78. The topological polar surface area (TPSA) is 55.1 Å². The fourth-order valence-electron chi connectivity index (χ4n) is 3.14. The largest absolute Gasteiger partial charge is 0.435 e. The van der Waals surface area contributed by atoms with Crippen LogP contribution in [0.3, 0.4) is 0 Å². The second-order valence-electron chi connectivity index (χ2n) is 6.13. The molecule has 0 aliphatic carbocycles.